The van der Waals surface area contributed by atoms with Gasteiger partial charge in [0.15, 0.2) is 22.7 Å². The summed E-state index contributed by atoms with van der Waals surface area (Å²) in [5.74, 6) is 0. The maximum Gasteiger partial charge on any atom is 0.417 e. The van der Waals surface area contributed by atoms with Crippen molar-refractivity contribution < 1.29 is 71.4 Å². The van der Waals surface area contributed by atoms with Crippen molar-refractivity contribution in [2.75, 3.05) is 26.4 Å². The van der Waals surface area contributed by atoms with Gasteiger partial charge in [0.05, 0.1) is 6.61 Å². The summed E-state index contributed by atoms with van der Waals surface area (Å²) in [4.78, 5) is 0. The lowest BCUT2D eigenvalue weighted by molar-refractivity contribution is -0.354. The molecule has 2 unspecified atom stereocenters. The molecule has 0 bridgehead atoms. The lowest BCUT2D eigenvalue weighted by Crippen LogP contribution is -2.45. The molecule has 19 heteroatoms. The smallest absolute Gasteiger partial charge is 0.417 e. The van der Waals surface area contributed by atoms with Crippen molar-refractivity contribution in [3.05, 3.63) is 0 Å². The van der Waals surface area contributed by atoms with Crippen LogP contribution < -0.4 is 0 Å². The van der Waals surface area contributed by atoms with Crippen LogP contribution in [0.4, 0.5) is 49.0 Å². The van der Waals surface area contributed by atoms with Crippen molar-refractivity contribution >= 4 is 25.9 Å². The number of rotatable bonds is 19. The lowest BCUT2D eigenvalue weighted by Gasteiger charge is -2.33. The molecule has 0 amide bonds. The van der Waals surface area contributed by atoms with E-state index in [1.807, 2.05) is 26.9 Å². The van der Waals surface area contributed by atoms with Crippen molar-refractivity contribution in [3.63, 3.8) is 0 Å². The summed E-state index contributed by atoms with van der Waals surface area (Å²) in [7, 11) is -6.16. The van der Waals surface area contributed by atoms with Gasteiger partial charge in [-0.25, -0.2) is 0 Å². The zero-order chi connectivity index (χ0) is 30.3. The largest absolute Gasteiger partial charge is 0.439 e. The first-order chi connectivity index (χ1) is 17.2. The highest BCUT2D eigenvalue weighted by molar-refractivity contribution is 6.82. The van der Waals surface area contributed by atoms with Gasteiger partial charge in [0.1, 0.15) is 6.42 Å². The van der Waals surface area contributed by atoms with Gasteiger partial charge in [-0.3, -0.25) is 4.70 Å². The van der Waals surface area contributed by atoms with Crippen LogP contribution in [0.2, 0.25) is 44.3 Å². The predicted molar refractivity (Wildman–Crippen MR) is 132 cm³/mol. The van der Waals surface area contributed by atoms with E-state index in [-0.39, 0.29) is 11.3 Å². The molecule has 0 N–H and O–H groups in total. The molecular formula is C20H41F11O5Si3. The highest BCUT2D eigenvalue weighted by Crippen LogP contribution is 2.36. The summed E-state index contributed by atoms with van der Waals surface area (Å²) >= 11 is 0. The second-order valence-corrected chi connectivity index (χ2v) is 21.2. The van der Waals surface area contributed by atoms with Gasteiger partial charge >= 0.3 is 27.7 Å². The molecule has 0 rings (SSSR count). The van der Waals surface area contributed by atoms with E-state index in [2.05, 4.69) is 17.8 Å². The zero-order valence-electron chi connectivity index (χ0n) is 23.0. The number of hydrogen-bond donors (Lipinski definition) is 0. The Balaban J connectivity index is -0.00000421. The van der Waals surface area contributed by atoms with E-state index in [9.17, 15) is 35.1 Å². The van der Waals surface area contributed by atoms with Crippen molar-refractivity contribution in [1.29, 1.82) is 0 Å². The van der Waals surface area contributed by atoms with E-state index in [1.54, 1.807) is 0 Å². The highest BCUT2D eigenvalue weighted by Gasteiger charge is 2.51. The van der Waals surface area contributed by atoms with Crippen LogP contribution >= 0.6 is 0 Å². The third kappa shape index (κ3) is 24.0. The maximum absolute atomic E-state index is 13.3. The summed E-state index contributed by atoms with van der Waals surface area (Å²) in [6.07, 6.45) is -20.5. The first-order valence-electron chi connectivity index (χ1n) is 12.1. The van der Waals surface area contributed by atoms with Gasteiger partial charge in [-0.2, -0.15) is 35.1 Å². The van der Waals surface area contributed by atoms with Gasteiger partial charge in [0.25, 0.3) is 0 Å². The Hall–Kier alpha value is -0.319. The van der Waals surface area contributed by atoms with Crippen LogP contribution in [0.3, 0.4) is 0 Å². The molecule has 0 aromatic carbocycles. The molecule has 0 aliphatic rings. The Kier molecular flexibility index (Phi) is 21.8. The predicted octanol–water partition coefficient (Wildman–Crippen LogP) is 7.99. The summed E-state index contributed by atoms with van der Waals surface area (Å²) < 4.78 is 144. The van der Waals surface area contributed by atoms with Gasteiger partial charge in [0, 0.05) is 29.0 Å². The van der Waals surface area contributed by atoms with Crippen molar-refractivity contribution in [3.8, 4) is 0 Å². The third-order valence-electron chi connectivity index (χ3n) is 4.93. The van der Waals surface area contributed by atoms with E-state index in [4.69, 9.17) is 26.9 Å². The highest BCUT2D eigenvalue weighted by atomic mass is 28.4. The van der Waals surface area contributed by atoms with E-state index in [1.165, 1.54) is 0 Å². The van der Waals surface area contributed by atoms with Crippen LogP contribution in [0, 0.1) is 0 Å². The molecule has 0 aliphatic heterocycles. The quantitative estimate of drug-likeness (QED) is 0.0803. The fourth-order valence-corrected chi connectivity index (χ4v) is 13.8. The van der Waals surface area contributed by atoms with Crippen LogP contribution in [0.5, 0.6) is 0 Å². The summed E-state index contributed by atoms with van der Waals surface area (Å²) in [6, 6.07) is 2.21. The Morgan fingerprint density at radius 3 is 1.54 bits per heavy atom. The molecule has 0 saturated heterocycles. The van der Waals surface area contributed by atoms with E-state index >= 15 is 0 Å². The van der Waals surface area contributed by atoms with Gasteiger partial charge in [0.2, 0.25) is 0 Å². The van der Waals surface area contributed by atoms with Gasteiger partial charge < -0.3 is 22.4 Å². The Labute approximate surface area is 226 Å². The minimum atomic E-state index is -5.39. The molecule has 39 heavy (non-hydrogen) atoms. The first-order valence-corrected chi connectivity index (χ1v) is 20.1. The van der Waals surface area contributed by atoms with Gasteiger partial charge in [-0.15, -0.1) is 0 Å². The molecule has 0 fully saturated rings. The molecule has 240 valence electrons. The van der Waals surface area contributed by atoms with E-state index in [0.29, 0.717) is 25.7 Å². The molecule has 0 aromatic heterocycles. The molecule has 0 aliphatic carbocycles. The number of halogens is 11. The fraction of sp³-hybridized carbons (Fsp3) is 1.00. The molecule has 0 aromatic rings. The van der Waals surface area contributed by atoms with E-state index in [0.717, 1.165) is 18.5 Å². The minimum absolute atomic E-state index is 0. The second kappa shape index (κ2) is 19.7. The Bertz CT molecular complexity index is 613. The van der Waals surface area contributed by atoms with Crippen molar-refractivity contribution in [2.45, 2.75) is 102 Å². The minimum Gasteiger partial charge on any atom is -0.439 e. The average molecular weight is 655 g/mol. The van der Waals surface area contributed by atoms with Crippen LogP contribution in [-0.4, -0.2) is 76.9 Å². The molecule has 0 saturated carbocycles. The third-order valence-corrected chi connectivity index (χ3v) is 15.9. The SMILES string of the molecule is CCOCCC[Si](C)(C)O[SiH](CC)O[Si](C)(C)CCCOCC(OC(F)(F)CC(F)(F)F)C(F)(F)F.F.FF. The van der Waals surface area contributed by atoms with E-state index < -0.39 is 63.5 Å². The van der Waals surface area contributed by atoms with Crippen molar-refractivity contribution in [1.82, 2.24) is 0 Å². The number of alkyl halides is 8. The Morgan fingerprint density at radius 2 is 1.18 bits per heavy atom. The van der Waals surface area contributed by atoms with Gasteiger partial charge in [-0.05, 0) is 64.1 Å². The second-order valence-electron chi connectivity index (χ2n) is 9.65. The maximum atomic E-state index is 13.3. The van der Waals surface area contributed by atoms with Gasteiger partial charge in [-0.1, -0.05) is 6.92 Å². The van der Waals surface area contributed by atoms with Crippen molar-refractivity contribution in [2.24, 2.45) is 0 Å². The first kappa shape index (κ1) is 43.1. The normalized spacial score (nSPS) is 14.8. The Morgan fingerprint density at radius 1 is 0.744 bits per heavy atom. The summed E-state index contributed by atoms with van der Waals surface area (Å²) in [5.41, 5.74) is 0. The summed E-state index contributed by atoms with van der Waals surface area (Å²) in [5, 5.41) is 0. The molecular weight excluding hydrogens is 613 g/mol. The van der Waals surface area contributed by atoms with Crippen LogP contribution in [0.15, 0.2) is 0 Å². The fourth-order valence-electron chi connectivity index (χ4n) is 3.23. The lowest BCUT2D eigenvalue weighted by atomic mass is 10.3. The van der Waals surface area contributed by atoms with Crippen LogP contribution in [0.25, 0.3) is 0 Å². The monoisotopic (exact) mass is 654 g/mol. The molecule has 0 heterocycles. The molecule has 5 nitrogen and oxygen atoms in total. The summed E-state index contributed by atoms with van der Waals surface area (Å²) in [6.45, 7) is 11.9. The molecule has 0 radical (unpaired) electrons. The number of hydrogen-bond acceptors (Lipinski definition) is 5. The average Bonchev–Trinajstić information content (AvgIpc) is 2.73. The molecule has 0 spiro atoms. The zero-order valence-corrected chi connectivity index (χ0v) is 26.1. The van der Waals surface area contributed by atoms with Crippen LogP contribution in [-0.2, 0) is 22.4 Å². The standard InChI is InChI=1S/C20H40F8O5Si3.F2.FH/c1-7-29-11-9-13-35(3,4)32-34(8-2)33-36(5,6)14-10-12-30-15-17(20(26,27)28)31-19(24,25)16-18(21,22)23;1-2;/h17,34H,7-16H2,1-6H3;;1H. The number of ether oxygens (including phenoxy) is 3. The van der Waals surface area contributed by atoms with Crippen LogP contribution in [0.1, 0.15) is 33.1 Å². The topological polar surface area (TPSA) is 46.2 Å². The molecule has 2 atom stereocenters.